The van der Waals surface area contributed by atoms with Gasteiger partial charge in [0, 0.05) is 16.1 Å². The molecule has 0 saturated carbocycles. The van der Waals surface area contributed by atoms with Crippen molar-refractivity contribution in [3.63, 3.8) is 0 Å². The minimum Gasteiger partial charge on any atom is -0.456 e. The fourth-order valence-corrected chi connectivity index (χ4v) is 4.73. The third-order valence-corrected chi connectivity index (χ3v) is 6.77. The van der Waals surface area contributed by atoms with E-state index in [1.54, 1.807) is 32.0 Å². The molecule has 0 atom stereocenters. The Kier molecular flexibility index (Phi) is 9.20. The molecule has 206 valence electrons. The number of alkyl halides is 6. The first kappa shape index (κ1) is 30.4. The van der Waals surface area contributed by atoms with Crippen LogP contribution in [0.15, 0.2) is 42.5 Å². The molecule has 3 rings (SSSR count). The van der Waals surface area contributed by atoms with Gasteiger partial charge in [0.05, 0.1) is 23.6 Å². The van der Waals surface area contributed by atoms with E-state index in [4.69, 9.17) is 55.3 Å². The lowest BCUT2D eigenvalue weighted by Gasteiger charge is -2.13. The molecule has 0 saturated heterocycles. The van der Waals surface area contributed by atoms with E-state index in [9.17, 15) is 26.4 Å². The van der Waals surface area contributed by atoms with Crippen molar-refractivity contribution in [3.8, 4) is 22.7 Å². The van der Waals surface area contributed by atoms with Crippen molar-refractivity contribution < 1.29 is 35.3 Å². The minimum absolute atomic E-state index is 0.0707. The van der Waals surface area contributed by atoms with Gasteiger partial charge in [-0.25, -0.2) is 9.48 Å². The van der Waals surface area contributed by atoms with Crippen LogP contribution < -0.4 is 4.18 Å². The molecule has 0 aliphatic rings. The summed E-state index contributed by atoms with van der Waals surface area (Å²) >= 11 is 23.1. The van der Waals surface area contributed by atoms with Crippen LogP contribution >= 0.6 is 46.4 Å². The molecule has 15 heteroatoms. The third kappa shape index (κ3) is 8.16. The van der Waals surface area contributed by atoms with Gasteiger partial charge in [-0.1, -0.05) is 46.4 Å². The lowest BCUT2D eigenvalue weighted by molar-refractivity contribution is -0.130. The summed E-state index contributed by atoms with van der Waals surface area (Å²) in [5, 5.41) is 4.89. The number of hydrogen-bond donors (Lipinski definition) is 0. The van der Waals surface area contributed by atoms with Gasteiger partial charge in [-0.15, -0.1) is 0 Å². The molecule has 0 aliphatic heterocycles. The van der Waals surface area contributed by atoms with E-state index >= 15 is 0 Å². The first-order chi connectivity index (χ1) is 17.5. The number of nitrogens with zero attached hydrogens (tertiary/aromatic N) is 2. The summed E-state index contributed by atoms with van der Waals surface area (Å²) in [5.74, 6) is -2.26. The molecule has 7 nitrogen and oxygen atoms in total. The van der Waals surface area contributed by atoms with Gasteiger partial charge in [-0.2, -0.15) is 26.7 Å². The standard InChI is InChI=1S/C23H19Cl4F3N2O5S/c1-13-11-16(24)5-8-18(13)32-20(14(2)19(31-32)21(33)36-12-22(25,26)27)15-3-6-17(7-4-15)37-38(34,35)10-9-23(28,29)30/h3-8,11H,9-10,12H2,1-2H3. The van der Waals surface area contributed by atoms with Crippen LogP contribution in [0.2, 0.25) is 5.02 Å². The van der Waals surface area contributed by atoms with Crippen LogP contribution in [0.25, 0.3) is 16.9 Å². The summed E-state index contributed by atoms with van der Waals surface area (Å²) < 4.78 is 70.6. The highest BCUT2D eigenvalue weighted by Crippen LogP contribution is 2.33. The smallest absolute Gasteiger partial charge is 0.390 e. The predicted octanol–water partition coefficient (Wildman–Crippen LogP) is 7.00. The monoisotopic (exact) mass is 632 g/mol. The number of esters is 1. The number of halogens is 7. The second-order valence-electron chi connectivity index (χ2n) is 8.09. The van der Waals surface area contributed by atoms with Crippen molar-refractivity contribution in [2.45, 2.75) is 30.2 Å². The number of aromatic nitrogens is 2. The Morgan fingerprint density at radius 3 is 2.24 bits per heavy atom. The molecule has 2 aromatic carbocycles. The first-order valence-corrected chi connectivity index (χ1v) is 13.7. The van der Waals surface area contributed by atoms with Gasteiger partial charge >= 0.3 is 22.3 Å². The minimum atomic E-state index is -4.65. The SMILES string of the molecule is Cc1cc(Cl)ccc1-n1nc(C(=O)OCC(Cl)(Cl)Cl)c(C)c1-c1ccc(OS(=O)(=O)CCC(F)(F)F)cc1. The molecule has 0 fully saturated rings. The highest BCUT2D eigenvalue weighted by Gasteiger charge is 2.31. The van der Waals surface area contributed by atoms with E-state index in [0.29, 0.717) is 27.5 Å². The molecule has 1 heterocycles. The van der Waals surface area contributed by atoms with Crippen LogP contribution in [0, 0.1) is 13.8 Å². The predicted molar refractivity (Wildman–Crippen MR) is 139 cm³/mol. The number of rotatable bonds is 8. The quantitative estimate of drug-likeness (QED) is 0.151. The highest BCUT2D eigenvalue weighted by molar-refractivity contribution is 7.87. The van der Waals surface area contributed by atoms with Gasteiger partial charge in [0.25, 0.3) is 0 Å². The van der Waals surface area contributed by atoms with Crippen LogP contribution in [0.4, 0.5) is 13.2 Å². The molecule has 3 aromatic rings. The second-order valence-corrected chi connectivity index (χ2v) is 12.7. The summed E-state index contributed by atoms with van der Waals surface area (Å²) in [7, 11) is -4.48. The van der Waals surface area contributed by atoms with Crippen LogP contribution in [0.1, 0.15) is 28.0 Å². The molecule has 0 N–H and O–H groups in total. The molecular weight excluding hydrogens is 615 g/mol. The highest BCUT2D eigenvalue weighted by atomic mass is 35.6. The van der Waals surface area contributed by atoms with E-state index in [1.807, 2.05) is 0 Å². The van der Waals surface area contributed by atoms with Crippen molar-refractivity contribution in [2.75, 3.05) is 12.4 Å². The number of carbonyl (C=O) groups is 1. The molecular formula is C23H19Cl4F3N2O5S. The lowest BCUT2D eigenvalue weighted by atomic mass is 10.1. The van der Waals surface area contributed by atoms with Gasteiger partial charge in [0.1, 0.15) is 12.4 Å². The maximum absolute atomic E-state index is 12.8. The molecule has 0 unspecified atom stereocenters. The molecule has 38 heavy (non-hydrogen) atoms. The summed E-state index contributed by atoms with van der Waals surface area (Å²) in [6.45, 7) is 2.88. The maximum atomic E-state index is 12.8. The number of carbonyl (C=O) groups excluding carboxylic acids is 1. The molecule has 0 radical (unpaired) electrons. The zero-order valence-corrected chi connectivity index (χ0v) is 23.5. The molecule has 0 bridgehead atoms. The zero-order valence-electron chi connectivity index (χ0n) is 19.7. The fourth-order valence-electron chi connectivity index (χ4n) is 3.37. The lowest BCUT2D eigenvalue weighted by Crippen LogP contribution is -2.20. The van der Waals surface area contributed by atoms with Gasteiger partial charge in [-0.3, -0.25) is 0 Å². The first-order valence-electron chi connectivity index (χ1n) is 10.6. The Hall–Kier alpha value is -2.18. The largest absolute Gasteiger partial charge is 0.456 e. The summed E-state index contributed by atoms with van der Waals surface area (Å²) in [5.41, 5.74) is 2.52. The van der Waals surface area contributed by atoms with Gasteiger partial charge < -0.3 is 8.92 Å². The topological polar surface area (TPSA) is 87.5 Å². The van der Waals surface area contributed by atoms with Crippen molar-refractivity contribution in [1.29, 1.82) is 0 Å². The van der Waals surface area contributed by atoms with Crippen LogP contribution in [-0.4, -0.2) is 46.5 Å². The average Bonchev–Trinajstić information content (AvgIpc) is 3.12. The second kappa shape index (κ2) is 11.5. The molecule has 1 aromatic heterocycles. The van der Waals surface area contributed by atoms with Gasteiger partial charge in [0.15, 0.2) is 5.69 Å². The number of aryl methyl sites for hydroxylation is 1. The fraction of sp³-hybridized carbons (Fsp3) is 0.304. The summed E-state index contributed by atoms with van der Waals surface area (Å²) in [4.78, 5) is 12.8. The normalized spacial score (nSPS) is 12.4. The number of ether oxygens (including phenoxy) is 1. The average molecular weight is 634 g/mol. The number of hydrogen-bond acceptors (Lipinski definition) is 6. The van der Waals surface area contributed by atoms with Crippen LogP contribution in [-0.2, 0) is 14.9 Å². The van der Waals surface area contributed by atoms with Crippen molar-refractivity contribution in [2.24, 2.45) is 0 Å². The van der Waals surface area contributed by atoms with Crippen molar-refractivity contribution in [3.05, 3.63) is 64.3 Å². The Morgan fingerprint density at radius 1 is 1.05 bits per heavy atom. The van der Waals surface area contributed by atoms with E-state index in [0.717, 1.165) is 5.56 Å². The summed E-state index contributed by atoms with van der Waals surface area (Å²) in [6.07, 6.45) is -6.18. The molecule has 0 amide bonds. The molecule has 0 aliphatic carbocycles. The van der Waals surface area contributed by atoms with E-state index in [-0.39, 0.29) is 11.4 Å². The van der Waals surface area contributed by atoms with E-state index in [2.05, 4.69) is 5.10 Å². The Bertz CT molecular complexity index is 1440. The Balaban J connectivity index is 2.01. The van der Waals surface area contributed by atoms with E-state index in [1.165, 1.54) is 28.9 Å². The zero-order chi connectivity index (χ0) is 28.5. The van der Waals surface area contributed by atoms with Crippen LogP contribution in [0.5, 0.6) is 5.75 Å². The number of benzene rings is 2. The molecule has 0 spiro atoms. The third-order valence-electron chi connectivity index (χ3n) is 5.06. The Morgan fingerprint density at radius 2 is 1.68 bits per heavy atom. The van der Waals surface area contributed by atoms with Crippen molar-refractivity contribution in [1.82, 2.24) is 9.78 Å². The van der Waals surface area contributed by atoms with Gasteiger partial charge in [-0.05, 0) is 61.9 Å². The van der Waals surface area contributed by atoms with Crippen molar-refractivity contribution >= 4 is 62.5 Å². The Labute approximate surface area is 236 Å². The van der Waals surface area contributed by atoms with Gasteiger partial charge in [0.2, 0.25) is 3.79 Å². The summed E-state index contributed by atoms with van der Waals surface area (Å²) in [6, 6.07) is 10.5. The maximum Gasteiger partial charge on any atom is 0.390 e. The van der Waals surface area contributed by atoms with Crippen LogP contribution in [0.3, 0.4) is 0 Å². The van der Waals surface area contributed by atoms with E-state index < -0.39 is 44.8 Å².